The third-order valence-corrected chi connectivity index (χ3v) is 4.46. The number of carbonyl (C=O) groups excluding carboxylic acids is 2. The van der Waals surface area contributed by atoms with E-state index < -0.39 is 0 Å². The number of hydrogen-bond acceptors (Lipinski definition) is 4. The van der Waals surface area contributed by atoms with Crippen LogP contribution in [0.4, 0.5) is 4.79 Å². The zero-order chi connectivity index (χ0) is 17.4. The minimum absolute atomic E-state index is 0.0288. The van der Waals surface area contributed by atoms with Crippen molar-refractivity contribution in [2.75, 3.05) is 32.7 Å². The van der Waals surface area contributed by atoms with Gasteiger partial charge in [0.1, 0.15) is 0 Å². The van der Waals surface area contributed by atoms with Crippen LogP contribution in [0.25, 0.3) is 0 Å². The second kappa shape index (κ2) is 9.32. The molecule has 134 valence electrons. The first kappa shape index (κ1) is 18.3. The predicted octanol–water partition coefficient (Wildman–Crippen LogP) is 1.40. The van der Waals surface area contributed by atoms with Gasteiger partial charge in [0.05, 0.1) is 25.0 Å². The number of furan rings is 1. The first-order valence-corrected chi connectivity index (χ1v) is 8.65. The highest BCUT2D eigenvalue weighted by Gasteiger charge is 2.23. The van der Waals surface area contributed by atoms with Crippen LogP contribution in [0.3, 0.4) is 0 Å². The Labute approximate surface area is 143 Å². The van der Waals surface area contributed by atoms with Gasteiger partial charge in [0.2, 0.25) is 5.91 Å². The first-order valence-electron chi connectivity index (χ1n) is 8.65. The highest BCUT2D eigenvalue weighted by molar-refractivity contribution is 5.77. The number of hydrogen-bond donors (Lipinski definition) is 2. The van der Waals surface area contributed by atoms with Crippen molar-refractivity contribution in [2.45, 2.75) is 32.7 Å². The quantitative estimate of drug-likeness (QED) is 0.702. The normalized spacial score (nSPS) is 18.3. The number of carbonyl (C=O) groups is 2. The van der Waals surface area contributed by atoms with E-state index in [1.165, 1.54) is 0 Å². The Morgan fingerprint density at radius 2 is 2.33 bits per heavy atom. The Kier molecular flexibility index (Phi) is 7.11. The standard InChI is InChI=1S/C17H28N4O3/c1-2-21(11-14-6-10-24-13-14)17(23)19-7-4-9-20-8-3-5-15(12-20)16(18)22/h6,10,13,15H,2-5,7-9,11-12H2,1H3,(H2,18,22)(H,19,23). The number of rotatable bonds is 8. The Morgan fingerprint density at radius 1 is 1.50 bits per heavy atom. The van der Waals surface area contributed by atoms with Crippen molar-refractivity contribution in [2.24, 2.45) is 11.7 Å². The van der Waals surface area contributed by atoms with Gasteiger partial charge in [-0.05, 0) is 45.3 Å². The molecular weight excluding hydrogens is 308 g/mol. The Bertz CT molecular complexity index is 518. The molecule has 0 saturated carbocycles. The monoisotopic (exact) mass is 336 g/mol. The van der Waals surface area contributed by atoms with Gasteiger partial charge in [-0.15, -0.1) is 0 Å². The summed E-state index contributed by atoms with van der Waals surface area (Å²) in [6, 6.07) is 1.80. The molecule has 1 atom stereocenters. The maximum atomic E-state index is 12.2. The van der Waals surface area contributed by atoms with Gasteiger partial charge >= 0.3 is 6.03 Å². The fraction of sp³-hybridized carbons (Fsp3) is 0.647. The zero-order valence-electron chi connectivity index (χ0n) is 14.4. The summed E-state index contributed by atoms with van der Waals surface area (Å²) in [5.74, 6) is -0.232. The smallest absolute Gasteiger partial charge is 0.317 e. The summed E-state index contributed by atoms with van der Waals surface area (Å²) >= 11 is 0. The largest absolute Gasteiger partial charge is 0.472 e. The molecule has 0 aliphatic carbocycles. The van der Waals surface area contributed by atoms with Crippen LogP contribution < -0.4 is 11.1 Å². The van der Waals surface area contributed by atoms with Crippen LogP contribution in [0.1, 0.15) is 31.7 Å². The van der Waals surface area contributed by atoms with E-state index in [9.17, 15) is 9.59 Å². The molecule has 3 N–H and O–H groups in total. The molecule has 1 fully saturated rings. The second-order valence-corrected chi connectivity index (χ2v) is 6.27. The van der Waals surface area contributed by atoms with Crippen LogP contribution in [0.5, 0.6) is 0 Å². The molecule has 1 unspecified atom stereocenters. The van der Waals surface area contributed by atoms with Gasteiger partial charge in [-0.2, -0.15) is 0 Å². The van der Waals surface area contributed by atoms with E-state index in [0.29, 0.717) is 19.6 Å². The van der Waals surface area contributed by atoms with E-state index in [-0.39, 0.29) is 17.9 Å². The number of primary amides is 1. The number of amides is 3. The Balaban J connectivity index is 1.65. The molecule has 1 aliphatic heterocycles. The van der Waals surface area contributed by atoms with E-state index >= 15 is 0 Å². The molecule has 2 rings (SSSR count). The molecule has 2 heterocycles. The summed E-state index contributed by atoms with van der Waals surface area (Å²) in [5, 5.41) is 2.96. The van der Waals surface area contributed by atoms with E-state index in [1.54, 1.807) is 17.4 Å². The molecule has 7 nitrogen and oxygen atoms in total. The Morgan fingerprint density at radius 3 is 3.00 bits per heavy atom. The molecule has 0 bridgehead atoms. The van der Waals surface area contributed by atoms with Gasteiger partial charge in [0, 0.05) is 25.2 Å². The first-order chi connectivity index (χ1) is 11.6. The van der Waals surface area contributed by atoms with Gasteiger partial charge in [0.25, 0.3) is 0 Å². The SMILES string of the molecule is CCN(Cc1ccoc1)C(=O)NCCCN1CCCC(C(N)=O)C1. The summed E-state index contributed by atoms with van der Waals surface area (Å²) in [4.78, 5) is 27.5. The molecule has 1 aromatic rings. The third-order valence-electron chi connectivity index (χ3n) is 4.46. The van der Waals surface area contributed by atoms with Crippen LogP contribution in [0, 0.1) is 5.92 Å². The maximum absolute atomic E-state index is 12.2. The van der Waals surface area contributed by atoms with Gasteiger partial charge in [-0.1, -0.05) is 0 Å². The van der Waals surface area contributed by atoms with E-state index in [1.807, 2.05) is 13.0 Å². The zero-order valence-corrected chi connectivity index (χ0v) is 14.4. The highest BCUT2D eigenvalue weighted by atomic mass is 16.3. The van der Waals surface area contributed by atoms with Crippen molar-refractivity contribution in [3.8, 4) is 0 Å². The second-order valence-electron chi connectivity index (χ2n) is 6.27. The Hall–Kier alpha value is -2.02. The van der Waals surface area contributed by atoms with Crippen LogP contribution in [-0.4, -0.2) is 54.5 Å². The molecular formula is C17H28N4O3. The van der Waals surface area contributed by atoms with Crippen molar-refractivity contribution in [3.63, 3.8) is 0 Å². The number of piperidine rings is 1. The molecule has 0 aromatic carbocycles. The van der Waals surface area contributed by atoms with Gasteiger partial charge in [-0.3, -0.25) is 4.79 Å². The molecule has 1 saturated heterocycles. The lowest BCUT2D eigenvalue weighted by Gasteiger charge is -2.31. The lowest BCUT2D eigenvalue weighted by Crippen LogP contribution is -2.43. The molecule has 0 spiro atoms. The lowest BCUT2D eigenvalue weighted by atomic mass is 9.97. The van der Waals surface area contributed by atoms with Crippen LogP contribution in [0.15, 0.2) is 23.0 Å². The van der Waals surface area contributed by atoms with Gasteiger partial charge in [-0.25, -0.2) is 4.79 Å². The summed E-state index contributed by atoms with van der Waals surface area (Å²) in [7, 11) is 0. The minimum atomic E-state index is -0.203. The van der Waals surface area contributed by atoms with Crippen molar-refractivity contribution in [1.82, 2.24) is 15.1 Å². The van der Waals surface area contributed by atoms with Crippen molar-refractivity contribution in [3.05, 3.63) is 24.2 Å². The van der Waals surface area contributed by atoms with Crippen molar-refractivity contribution >= 4 is 11.9 Å². The number of likely N-dealkylation sites (tertiary alicyclic amines) is 1. The number of nitrogens with two attached hydrogens (primary N) is 1. The average molecular weight is 336 g/mol. The van der Waals surface area contributed by atoms with E-state index in [0.717, 1.165) is 44.5 Å². The average Bonchev–Trinajstić information content (AvgIpc) is 3.09. The van der Waals surface area contributed by atoms with Crippen molar-refractivity contribution in [1.29, 1.82) is 0 Å². The van der Waals surface area contributed by atoms with Crippen LogP contribution >= 0.6 is 0 Å². The fourth-order valence-electron chi connectivity index (χ4n) is 3.03. The van der Waals surface area contributed by atoms with Crippen molar-refractivity contribution < 1.29 is 14.0 Å². The van der Waals surface area contributed by atoms with Gasteiger partial charge in [0.15, 0.2) is 0 Å². The number of nitrogens with one attached hydrogen (secondary N) is 1. The van der Waals surface area contributed by atoms with Gasteiger partial charge < -0.3 is 25.3 Å². The molecule has 1 aliphatic rings. The van der Waals surface area contributed by atoms with E-state index in [4.69, 9.17) is 10.2 Å². The minimum Gasteiger partial charge on any atom is -0.472 e. The molecule has 0 radical (unpaired) electrons. The summed E-state index contributed by atoms with van der Waals surface area (Å²) < 4.78 is 5.03. The molecule has 24 heavy (non-hydrogen) atoms. The summed E-state index contributed by atoms with van der Waals surface area (Å²) in [6.45, 7) is 6.38. The summed E-state index contributed by atoms with van der Waals surface area (Å²) in [6.07, 6.45) is 6.03. The molecule has 3 amide bonds. The maximum Gasteiger partial charge on any atom is 0.317 e. The highest BCUT2D eigenvalue weighted by Crippen LogP contribution is 2.15. The van der Waals surface area contributed by atoms with Crippen LogP contribution in [-0.2, 0) is 11.3 Å². The summed E-state index contributed by atoms with van der Waals surface area (Å²) in [5.41, 5.74) is 6.38. The fourth-order valence-corrected chi connectivity index (χ4v) is 3.03. The predicted molar refractivity (Wildman–Crippen MR) is 91.2 cm³/mol. The topological polar surface area (TPSA) is 91.8 Å². The van der Waals surface area contributed by atoms with Crippen LogP contribution in [0.2, 0.25) is 0 Å². The van der Waals surface area contributed by atoms with E-state index in [2.05, 4.69) is 10.2 Å². The molecule has 7 heteroatoms. The lowest BCUT2D eigenvalue weighted by molar-refractivity contribution is -0.123. The number of nitrogens with zero attached hydrogens (tertiary/aromatic N) is 2. The number of urea groups is 1. The molecule has 1 aromatic heterocycles. The third kappa shape index (κ3) is 5.56.